The predicted octanol–water partition coefficient (Wildman–Crippen LogP) is 3.85. The maximum atomic E-state index is 5.99. The molecule has 1 fully saturated rings. The molecular weight excluding hydrogens is 206 g/mol. The van der Waals surface area contributed by atoms with Gasteiger partial charge in [0, 0.05) is 6.04 Å². The Kier molecular flexibility index (Phi) is 3.02. The lowest BCUT2D eigenvalue weighted by atomic mass is 9.79. The molecule has 0 aromatic heterocycles. The third kappa shape index (κ3) is 2.30. The fraction of sp³-hybridized carbons (Fsp3) is 0.500. The molecule has 1 nitrogen and oxygen atoms in total. The van der Waals surface area contributed by atoms with Gasteiger partial charge < -0.3 is 5.73 Å². The molecule has 0 bridgehead atoms. The number of nitrogens with two attached hydrogens (primary N) is 1. The molecule has 90 valence electrons. The van der Waals surface area contributed by atoms with Crippen molar-refractivity contribution in [3.8, 4) is 0 Å². The van der Waals surface area contributed by atoms with Crippen molar-refractivity contribution in [1.82, 2.24) is 0 Å². The first-order chi connectivity index (χ1) is 8.33. The zero-order valence-corrected chi connectivity index (χ0v) is 10.4. The summed E-state index contributed by atoms with van der Waals surface area (Å²) in [6.07, 6.45) is 9.99. The molecule has 1 aromatic rings. The third-order valence-electron chi connectivity index (χ3n) is 4.26. The molecule has 2 aliphatic carbocycles. The van der Waals surface area contributed by atoms with E-state index in [1.165, 1.54) is 48.8 Å². The van der Waals surface area contributed by atoms with E-state index in [4.69, 9.17) is 5.73 Å². The number of allylic oxidation sites excluding steroid dienone is 1. The highest BCUT2D eigenvalue weighted by Gasteiger charge is 2.19. The Hall–Kier alpha value is -1.08. The molecule has 17 heavy (non-hydrogen) atoms. The minimum Gasteiger partial charge on any atom is -0.324 e. The van der Waals surface area contributed by atoms with Gasteiger partial charge in [0.2, 0.25) is 0 Å². The molecule has 0 amide bonds. The van der Waals surface area contributed by atoms with Crippen molar-refractivity contribution in [3.05, 3.63) is 41.5 Å². The first-order valence-corrected chi connectivity index (χ1v) is 6.89. The zero-order chi connectivity index (χ0) is 11.7. The van der Waals surface area contributed by atoms with E-state index in [1.807, 2.05) is 0 Å². The van der Waals surface area contributed by atoms with Crippen molar-refractivity contribution in [2.24, 2.45) is 5.73 Å². The lowest BCUT2D eigenvalue weighted by Gasteiger charge is -2.26. The molecule has 0 saturated heterocycles. The molecule has 1 heteroatoms. The normalized spacial score (nSPS) is 25.2. The highest BCUT2D eigenvalue weighted by Crippen LogP contribution is 2.37. The lowest BCUT2D eigenvalue weighted by molar-refractivity contribution is 0.420. The van der Waals surface area contributed by atoms with Crippen LogP contribution in [0.25, 0.3) is 5.57 Å². The van der Waals surface area contributed by atoms with Crippen LogP contribution >= 0.6 is 0 Å². The zero-order valence-electron chi connectivity index (χ0n) is 10.4. The number of rotatable bonds is 2. The van der Waals surface area contributed by atoms with Gasteiger partial charge in [-0.2, -0.15) is 0 Å². The van der Waals surface area contributed by atoms with Gasteiger partial charge in [-0.05, 0) is 54.7 Å². The summed E-state index contributed by atoms with van der Waals surface area (Å²) in [4.78, 5) is 0. The highest BCUT2D eigenvalue weighted by molar-refractivity contribution is 5.67. The van der Waals surface area contributed by atoms with Crippen molar-refractivity contribution < 1.29 is 0 Å². The molecule has 3 rings (SSSR count). The van der Waals surface area contributed by atoms with E-state index in [2.05, 4.69) is 30.3 Å². The van der Waals surface area contributed by atoms with Gasteiger partial charge in [-0.25, -0.2) is 0 Å². The minimum absolute atomic E-state index is 0.269. The fourth-order valence-corrected chi connectivity index (χ4v) is 2.90. The summed E-state index contributed by atoms with van der Waals surface area (Å²) >= 11 is 0. The monoisotopic (exact) mass is 227 g/mol. The van der Waals surface area contributed by atoms with Gasteiger partial charge in [-0.1, -0.05) is 36.8 Å². The summed E-state index contributed by atoms with van der Waals surface area (Å²) < 4.78 is 0. The number of benzene rings is 1. The topological polar surface area (TPSA) is 26.0 Å². The molecule has 1 saturated carbocycles. The van der Waals surface area contributed by atoms with E-state index in [1.54, 1.807) is 0 Å². The average molecular weight is 227 g/mol. The third-order valence-corrected chi connectivity index (χ3v) is 4.26. The lowest BCUT2D eigenvalue weighted by Crippen LogP contribution is -2.20. The molecule has 0 spiro atoms. The molecule has 2 aliphatic rings. The highest BCUT2D eigenvalue weighted by atomic mass is 14.6. The van der Waals surface area contributed by atoms with Gasteiger partial charge in [0.1, 0.15) is 0 Å². The van der Waals surface area contributed by atoms with Crippen LogP contribution in [0.1, 0.15) is 55.6 Å². The Bertz CT molecular complexity index is 412. The standard InChI is InChI=1S/C16H21N/c17-16-6-2-5-15(11-16)14-9-7-13(8-10-14)12-3-1-4-12/h7-12,16H,1-6,17H2. The van der Waals surface area contributed by atoms with Crippen LogP contribution in [0.3, 0.4) is 0 Å². The van der Waals surface area contributed by atoms with Crippen LogP contribution in [0, 0.1) is 0 Å². The van der Waals surface area contributed by atoms with Gasteiger partial charge in [0.25, 0.3) is 0 Å². The second kappa shape index (κ2) is 4.66. The summed E-state index contributed by atoms with van der Waals surface area (Å²) in [5.41, 5.74) is 10.3. The molecule has 0 aliphatic heterocycles. The van der Waals surface area contributed by atoms with Crippen LogP contribution in [0.4, 0.5) is 0 Å². The summed E-state index contributed by atoms with van der Waals surface area (Å²) in [6.45, 7) is 0. The van der Waals surface area contributed by atoms with Crippen LogP contribution in [-0.2, 0) is 0 Å². The van der Waals surface area contributed by atoms with Crippen molar-refractivity contribution >= 4 is 5.57 Å². The first-order valence-electron chi connectivity index (χ1n) is 6.89. The molecule has 1 aromatic carbocycles. The Balaban J connectivity index is 1.79. The van der Waals surface area contributed by atoms with E-state index in [0.29, 0.717) is 0 Å². The summed E-state index contributed by atoms with van der Waals surface area (Å²) in [5, 5.41) is 0. The largest absolute Gasteiger partial charge is 0.324 e. The molecular formula is C16H21N. The Morgan fingerprint density at radius 1 is 0.941 bits per heavy atom. The molecule has 2 N–H and O–H groups in total. The summed E-state index contributed by atoms with van der Waals surface area (Å²) in [7, 11) is 0. The van der Waals surface area contributed by atoms with Gasteiger partial charge in [-0.15, -0.1) is 0 Å². The van der Waals surface area contributed by atoms with Crippen molar-refractivity contribution in [2.75, 3.05) is 0 Å². The summed E-state index contributed by atoms with van der Waals surface area (Å²) in [6, 6.07) is 9.49. The van der Waals surface area contributed by atoms with Gasteiger partial charge in [-0.3, -0.25) is 0 Å². The van der Waals surface area contributed by atoms with Crippen LogP contribution in [-0.4, -0.2) is 6.04 Å². The molecule has 1 unspecified atom stereocenters. The minimum atomic E-state index is 0.269. The van der Waals surface area contributed by atoms with Gasteiger partial charge in [0.15, 0.2) is 0 Å². The molecule has 0 heterocycles. The Labute approximate surface area is 104 Å². The number of hydrogen-bond donors (Lipinski definition) is 1. The SMILES string of the molecule is NC1C=C(c2ccc(C3CCC3)cc2)CCC1. The van der Waals surface area contributed by atoms with Crippen LogP contribution in [0.5, 0.6) is 0 Å². The van der Waals surface area contributed by atoms with Gasteiger partial charge in [0.05, 0.1) is 0 Å². The van der Waals surface area contributed by atoms with Crippen molar-refractivity contribution in [2.45, 2.75) is 50.5 Å². The van der Waals surface area contributed by atoms with Crippen LogP contribution in [0.15, 0.2) is 30.3 Å². The maximum absolute atomic E-state index is 5.99. The Morgan fingerprint density at radius 2 is 1.71 bits per heavy atom. The van der Waals surface area contributed by atoms with Crippen molar-refractivity contribution in [1.29, 1.82) is 0 Å². The van der Waals surface area contributed by atoms with Crippen LogP contribution < -0.4 is 5.73 Å². The Morgan fingerprint density at radius 3 is 2.29 bits per heavy atom. The van der Waals surface area contributed by atoms with Gasteiger partial charge >= 0.3 is 0 Å². The van der Waals surface area contributed by atoms with E-state index in [9.17, 15) is 0 Å². The van der Waals surface area contributed by atoms with E-state index >= 15 is 0 Å². The second-order valence-electron chi connectivity index (χ2n) is 5.50. The van der Waals surface area contributed by atoms with Crippen LogP contribution in [0.2, 0.25) is 0 Å². The molecule has 1 atom stereocenters. The smallest absolute Gasteiger partial charge is 0.0229 e. The number of hydrogen-bond acceptors (Lipinski definition) is 1. The second-order valence-corrected chi connectivity index (χ2v) is 5.50. The van der Waals surface area contributed by atoms with E-state index in [0.717, 1.165) is 12.3 Å². The fourth-order valence-electron chi connectivity index (χ4n) is 2.90. The van der Waals surface area contributed by atoms with E-state index < -0.39 is 0 Å². The van der Waals surface area contributed by atoms with Crippen molar-refractivity contribution in [3.63, 3.8) is 0 Å². The predicted molar refractivity (Wildman–Crippen MR) is 72.8 cm³/mol. The first kappa shape index (κ1) is 11.0. The molecule has 0 radical (unpaired) electrons. The maximum Gasteiger partial charge on any atom is 0.0229 e. The van der Waals surface area contributed by atoms with E-state index in [-0.39, 0.29) is 6.04 Å². The quantitative estimate of drug-likeness (QED) is 0.816. The average Bonchev–Trinajstić information content (AvgIpc) is 2.28. The summed E-state index contributed by atoms with van der Waals surface area (Å²) in [5.74, 6) is 0.839.